The second-order valence-electron chi connectivity index (χ2n) is 10.9. The van der Waals surface area contributed by atoms with Crippen LogP contribution in [0.2, 0.25) is 18.1 Å². The third kappa shape index (κ3) is 4.61. The molecule has 0 radical (unpaired) electrons. The fourth-order valence-corrected chi connectivity index (χ4v) is 5.74. The van der Waals surface area contributed by atoms with Crippen LogP contribution in [0.3, 0.4) is 0 Å². The van der Waals surface area contributed by atoms with Gasteiger partial charge in [0.2, 0.25) is 0 Å². The SMILES string of the molecule is CN(C(=O)O)c1cc2c(cn1)c(-c1ccn(C)n1)nn2C1CCC(O[Si](C)(C)C(C)(C)C)CC1. The Morgan fingerprint density at radius 2 is 1.88 bits per heavy atom. The van der Waals surface area contributed by atoms with Crippen molar-refractivity contribution in [1.82, 2.24) is 24.5 Å². The van der Waals surface area contributed by atoms with Crippen LogP contribution < -0.4 is 4.90 Å². The van der Waals surface area contributed by atoms with Crippen molar-refractivity contribution in [2.45, 2.75) is 76.7 Å². The van der Waals surface area contributed by atoms with E-state index in [1.807, 2.05) is 25.4 Å². The maximum Gasteiger partial charge on any atom is 0.412 e. The van der Waals surface area contributed by atoms with Crippen molar-refractivity contribution in [3.63, 3.8) is 0 Å². The van der Waals surface area contributed by atoms with Gasteiger partial charge in [-0.1, -0.05) is 20.8 Å². The molecule has 184 valence electrons. The molecule has 3 heterocycles. The van der Waals surface area contributed by atoms with Gasteiger partial charge in [-0.25, -0.2) is 9.78 Å². The van der Waals surface area contributed by atoms with Gasteiger partial charge in [0.1, 0.15) is 17.2 Å². The highest BCUT2D eigenvalue weighted by molar-refractivity contribution is 6.74. The summed E-state index contributed by atoms with van der Waals surface area (Å²) in [6, 6.07) is 3.97. The van der Waals surface area contributed by atoms with Gasteiger partial charge in [0.25, 0.3) is 0 Å². The van der Waals surface area contributed by atoms with Gasteiger partial charge in [-0.15, -0.1) is 0 Å². The highest BCUT2D eigenvalue weighted by Gasteiger charge is 2.40. The molecule has 0 atom stereocenters. The van der Waals surface area contributed by atoms with Gasteiger partial charge in [0.05, 0.1) is 11.6 Å². The van der Waals surface area contributed by atoms with Crippen LogP contribution in [-0.2, 0) is 11.5 Å². The van der Waals surface area contributed by atoms with E-state index in [1.54, 1.807) is 10.9 Å². The maximum absolute atomic E-state index is 11.5. The van der Waals surface area contributed by atoms with Crippen molar-refractivity contribution in [3.05, 3.63) is 24.5 Å². The van der Waals surface area contributed by atoms with E-state index in [-0.39, 0.29) is 17.2 Å². The molecule has 0 bridgehead atoms. The van der Waals surface area contributed by atoms with Crippen LogP contribution in [0.4, 0.5) is 10.6 Å². The summed E-state index contributed by atoms with van der Waals surface area (Å²) >= 11 is 0. The topological polar surface area (TPSA) is 98.3 Å². The molecule has 3 aromatic heterocycles. The summed E-state index contributed by atoms with van der Waals surface area (Å²) in [6.45, 7) is 11.5. The Morgan fingerprint density at radius 3 is 2.44 bits per heavy atom. The van der Waals surface area contributed by atoms with Gasteiger partial charge in [-0.05, 0) is 49.9 Å². The van der Waals surface area contributed by atoms with E-state index in [0.29, 0.717) is 5.82 Å². The maximum atomic E-state index is 11.5. The summed E-state index contributed by atoms with van der Waals surface area (Å²) in [5, 5.41) is 20.0. The minimum absolute atomic E-state index is 0.194. The number of fused-ring (bicyclic) bond motifs is 1. The van der Waals surface area contributed by atoms with Crippen molar-refractivity contribution in [3.8, 4) is 11.4 Å². The van der Waals surface area contributed by atoms with E-state index in [9.17, 15) is 9.90 Å². The minimum atomic E-state index is -1.81. The average molecular weight is 485 g/mol. The van der Waals surface area contributed by atoms with E-state index in [0.717, 1.165) is 52.9 Å². The zero-order chi connectivity index (χ0) is 24.8. The molecule has 10 heteroatoms. The molecule has 3 aromatic rings. The van der Waals surface area contributed by atoms with Gasteiger partial charge in [0, 0.05) is 44.0 Å². The molecule has 1 aliphatic rings. The summed E-state index contributed by atoms with van der Waals surface area (Å²) in [7, 11) is 1.57. The van der Waals surface area contributed by atoms with E-state index in [4.69, 9.17) is 9.52 Å². The first-order valence-corrected chi connectivity index (χ1v) is 14.8. The van der Waals surface area contributed by atoms with Crippen LogP contribution in [-0.4, -0.2) is 57.2 Å². The molecule has 1 N–H and O–H groups in total. The fourth-order valence-electron chi connectivity index (χ4n) is 4.31. The lowest BCUT2D eigenvalue weighted by Gasteiger charge is -2.41. The van der Waals surface area contributed by atoms with Crippen molar-refractivity contribution in [2.75, 3.05) is 11.9 Å². The monoisotopic (exact) mass is 484 g/mol. The molecular weight excluding hydrogens is 448 g/mol. The number of aryl methyl sites for hydroxylation is 1. The molecule has 1 saturated carbocycles. The van der Waals surface area contributed by atoms with Crippen molar-refractivity contribution >= 4 is 31.1 Å². The van der Waals surface area contributed by atoms with Gasteiger partial charge >= 0.3 is 6.09 Å². The standard InChI is InChI=1S/C24H36N6O3Si/c1-24(2,3)34(6,7)33-17-10-8-16(9-11-17)30-20-14-21(29(5)23(31)32)25-15-18(20)22(27-30)19-12-13-28(4)26-19/h12-17H,8-11H2,1-7H3,(H,31,32). The second kappa shape index (κ2) is 8.81. The quantitative estimate of drug-likeness (QED) is 0.484. The van der Waals surface area contributed by atoms with Crippen LogP contribution >= 0.6 is 0 Å². The Bertz CT molecular complexity index is 1190. The summed E-state index contributed by atoms with van der Waals surface area (Å²) < 4.78 is 10.5. The number of pyridine rings is 1. The largest absolute Gasteiger partial charge is 0.465 e. The molecule has 0 aromatic carbocycles. The van der Waals surface area contributed by atoms with Gasteiger partial charge in [0.15, 0.2) is 8.32 Å². The van der Waals surface area contributed by atoms with E-state index >= 15 is 0 Å². The first-order chi connectivity index (χ1) is 15.9. The molecule has 1 amide bonds. The van der Waals surface area contributed by atoms with Gasteiger partial charge in [-0.2, -0.15) is 10.2 Å². The Morgan fingerprint density at radius 1 is 1.21 bits per heavy atom. The molecule has 34 heavy (non-hydrogen) atoms. The van der Waals surface area contributed by atoms with E-state index in [1.165, 1.54) is 7.05 Å². The average Bonchev–Trinajstić information content (AvgIpc) is 3.35. The summed E-state index contributed by atoms with van der Waals surface area (Å²) in [5.41, 5.74) is 2.43. The third-order valence-electron chi connectivity index (χ3n) is 7.42. The van der Waals surface area contributed by atoms with Gasteiger partial charge < -0.3 is 9.53 Å². The first kappa shape index (κ1) is 24.4. The number of hydrogen-bond donors (Lipinski definition) is 1. The molecule has 1 aliphatic carbocycles. The number of carboxylic acid groups (broad SMARTS) is 1. The van der Waals surface area contributed by atoms with Crippen molar-refractivity contribution in [1.29, 1.82) is 0 Å². The molecule has 1 fully saturated rings. The predicted molar refractivity (Wildman–Crippen MR) is 136 cm³/mol. The Kier molecular flexibility index (Phi) is 6.32. The Hall–Kier alpha value is -2.72. The summed E-state index contributed by atoms with van der Waals surface area (Å²) in [6.07, 6.45) is 6.74. The number of amides is 1. The highest BCUT2D eigenvalue weighted by atomic mass is 28.4. The molecule has 9 nitrogen and oxygen atoms in total. The first-order valence-electron chi connectivity index (χ1n) is 11.9. The second-order valence-corrected chi connectivity index (χ2v) is 15.6. The van der Waals surface area contributed by atoms with Crippen LogP contribution in [0, 0.1) is 0 Å². The van der Waals surface area contributed by atoms with Crippen molar-refractivity contribution in [2.24, 2.45) is 7.05 Å². The Labute approximate surface area is 201 Å². The number of hydrogen-bond acceptors (Lipinski definition) is 5. The molecule has 0 aliphatic heterocycles. The number of nitrogens with zero attached hydrogens (tertiary/aromatic N) is 6. The molecule has 0 unspecified atom stereocenters. The summed E-state index contributed by atoms with van der Waals surface area (Å²) in [5.74, 6) is 0.378. The summed E-state index contributed by atoms with van der Waals surface area (Å²) in [4.78, 5) is 17.0. The normalized spacial score (nSPS) is 19.5. The van der Waals surface area contributed by atoms with Crippen molar-refractivity contribution < 1.29 is 14.3 Å². The fraction of sp³-hybridized carbons (Fsp3) is 0.583. The lowest BCUT2D eigenvalue weighted by molar-refractivity contribution is 0.116. The highest BCUT2D eigenvalue weighted by Crippen LogP contribution is 2.41. The van der Waals surface area contributed by atoms with Crippen LogP contribution in [0.25, 0.3) is 22.3 Å². The zero-order valence-corrected chi connectivity index (χ0v) is 22.2. The van der Waals surface area contributed by atoms with E-state index in [2.05, 4.69) is 48.6 Å². The predicted octanol–water partition coefficient (Wildman–Crippen LogP) is 5.45. The number of carbonyl (C=O) groups is 1. The third-order valence-corrected chi connectivity index (χ3v) is 12.0. The molecule has 0 spiro atoms. The Balaban J connectivity index is 1.65. The van der Waals surface area contributed by atoms with Crippen LogP contribution in [0.15, 0.2) is 24.5 Å². The molecule has 0 saturated heterocycles. The number of anilines is 1. The van der Waals surface area contributed by atoms with Gasteiger partial charge in [-0.3, -0.25) is 14.3 Å². The lowest BCUT2D eigenvalue weighted by Crippen LogP contribution is -2.44. The smallest absolute Gasteiger partial charge is 0.412 e. The molecular formula is C24H36N6O3Si. The number of aromatic nitrogens is 5. The lowest BCUT2D eigenvalue weighted by atomic mass is 9.93. The number of rotatable bonds is 5. The minimum Gasteiger partial charge on any atom is -0.465 e. The zero-order valence-electron chi connectivity index (χ0n) is 21.2. The van der Waals surface area contributed by atoms with Crippen LogP contribution in [0.5, 0.6) is 0 Å². The van der Waals surface area contributed by atoms with Crippen LogP contribution in [0.1, 0.15) is 52.5 Å². The van der Waals surface area contributed by atoms with E-state index < -0.39 is 14.4 Å². The molecule has 4 rings (SSSR count).